The number of nitrogens with one attached hydrogen (secondary N) is 1. The van der Waals surface area contributed by atoms with Crippen molar-refractivity contribution in [3.05, 3.63) is 46.7 Å². The van der Waals surface area contributed by atoms with Gasteiger partial charge in [-0.1, -0.05) is 0 Å². The number of aromatic nitrogens is 1. The fourth-order valence-electron chi connectivity index (χ4n) is 2.92. The molecule has 0 aliphatic heterocycles. The number of pyridine rings is 1. The predicted molar refractivity (Wildman–Crippen MR) is 83.6 cm³/mol. The van der Waals surface area contributed by atoms with Crippen molar-refractivity contribution in [1.82, 2.24) is 4.98 Å². The number of carbonyl (C=O) groups excluding carboxylic acids is 1. The number of amides is 1. The average molecular weight is 314 g/mol. The van der Waals surface area contributed by atoms with E-state index in [1.54, 1.807) is 13.1 Å². The van der Waals surface area contributed by atoms with Crippen LogP contribution in [-0.4, -0.2) is 22.0 Å². The van der Waals surface area contributed by atoms with Gasteiger partial charge in [-0.3, -0.25) is 14.6 Å². The molecule has 6 heteroatoms. The van der Waals surface area contributed by atoms with Gasteiger partial charge in [-0.25, -0.2) is 0 Å². The summed E-state index contributed by atoms with van der Waals surface area (Å²) in [6, 6.07) is 1.95. The summed E-state index contributed by atoms with van der Waals surface area (Å²) in [6.45, 7) is 1.72. The zero-order chi connectivity index (χ0) is 16.4. The average Bonchev–Trinajstić information content (AvgIpc) is 2.87. The Kier molecular flexibility index (Phi) is 4.14. The standard InChI is InChI=1S/C17H18N2O4/c1-10-9-23-14(7-15(20)21)16(10)17(22)19-12-6-11-4-2-3-5-13(11)18-8-12/h6,8-9H,2-5,7H2,1H3,(H,19,22)(H,20,21). The Morgan fingerprint density at radius 3 is 2.91 bits per heavy atom. The molecule has 0 fully saturated rings. The quantitative estimate of drug-likeness (QED) is 0.905. The molecule has 2 N–H and O–H groups in total. The smallest absolute Gasteiger partial charge is 0.311 e. The van der Waals surface area contributed by atoms with E-state index in [4.69, 9.17) is 9.52 Å². The number of anilines is 1. The second-order valence-corrected chi connectivity index (χ2v) is 5.78. The molecule has 1 amide bonds. The van der Waals surface area contributed by atoms with Crippen LogP contribution in [0.1, 0.15) is 45.8 Å². The van der Waals surface area contributed by atoms with Crippen molar-refractivity contribution in [3.8, 4) is 0 Å². The minimum Gasteiger partial charge on any atom is -0.481 e. The molecule has 0 radical (unpaired) electrons. The summed E-state index contributed by atoms with van der Waals surface area (Å²) in [7, 11) is 0. The Hall–Kier alpha value is -2.63. The molecule has 0 atom stereocenters. The monoisotopic (exact) mass is 314 g/mol. The van der Waals surface area contributed by atoms with Crippen LogP contribution in [0.4, 0.5) is 5.69 Å². The molecule has 0 aromatic carbocycles. The van der Waals surface area contributed by atoms with E-state index in [0.29, 0.717) is 11.3 Å². The summed E-state index contributed by atoms with van der Waals surface area (Å²) in [5.74, 6) is -1.24. The van der Waals surface area contributed by atoms with Crippen molar-refractivity contribution in [3.63, 3.8) is 0 Å². The normalized spacial score (nSPS) is 13.4. The van der Waals surface area contributed by atoms with Crippen molar-refractivity contribution >= 4 is 17.6 Å². The highest BCUT2D eigenvalue weighted by molar-refractivity contribution is 6.06. The lowest BCUT2D eigenvalue weighted by molar-refractivity contribution is -0.136. The molecular formula is C17H18N2O4. The number of hydrogen-bond donors (Lipinski definition) is 2. The van der Waals surface area contributed by atoms with Crippen LogP contribution in [0.5, 0.6) is 0 Å². The number of fused-ring (bicyclic) bond motifs is 1. The third-order valence-electron chi connectivity index (χ3n) is 4.02. The third-order valence-corrected chi connectivity index (χ3v) is 4.02. The molecule has 2 aromatic rings. The molecule has 2 heterocycles. The van der Waals surface area contributed by atoms with Crippen LogP contribution < -0.4 is 5.32 Å². The maximum absolute atomic E-state index is 12.5. The van der Waals surface area contributed by atoms with E-state index in [-0.39, 0.29) is 23.7 Å². The van der Waals surface area contributed by atoms with Crippen molar-refractivity contribution in [1.29, 1.82) is 0 Å². The Morgan fingerprint density at radius 2 is 2.13 bits per heavy atom. The van der Waals surface area contributed by atoms with Crippen LogP contribution in [0.15, 0.2) is 22.9 Å². The maximum Gasteiger partial charge on any atom is 0.311 e. The molecule has 0 saturated heterocycles. The van der Waals surface area contributed by atoms with Gasteiger partial charge in [0.15, 0.2) is 0 Å². The molecule has 0 spiro atoms. The summed E-state index contributed by atoms with van der Waals surface area (Å²) < 4.78 is 5.20. The Labute approximate surface area is 133 Å². The minimum atomic E-state index is -1.04. The molecule has 1 aliphatic carbocycles. The van der Waals surface area contributed by atoms with Gasteiger partial charge in [0, 0.05) is 11.3 Å². The van der Waals surface area contributed by atoms with E-state index in [9.17, 15) is 9.59 Å². The Balaban J connectivity index is 1.82. The number of carbonyl (C=O) groups is 2. The summed E-state index contributed by atoms with van der Waals surface area (Å²) in [4.78, 5) is 27.8. The van der Waals surface area contributed by atoms with E-state index >= 15 is 0 Å². The van der Waals surface area contributed by atoms with Crippen LogP contribution in [0, 0.1) is 6.92 Å². The topological polar surface area (TPSA) is 92.4 Å². The van der Waals surface area contributed by atoms with Crippen LogP contribution in [-0.2, 0) is 24.1 Å². The molecular weight excluding hydrogens is 296 g/mol. The molecule has 23 heavy (non-hydrogen) atoms. The van der Waals surface area contributed by atoms with E-state index in [1.165, 1.54) is 11.8 Å². The van der Waals surface area contributed by atoms with Gasteiger partial charge >= 0.3 is 5.97 Å². The number of nitrogens with zero attached hydrogens (tertiary/aromatic N) is 1. The number of carboxylic acids is 1. The number of furan rings is 1. The number of aryl methyl sites for hydroxylation is 3. The number of aliphatic carboxylic acids is 1. The fourth-order valence-corrected chi connectivity index (χ4v) is 2.92. The molecule has 3 rings (SSSR count). The summed E-state index contributed by atoms with van der Waals surface area (Å²) in [5.41, 5.74) is 3.79. The predicted octanol–water partition coefficient (Wildman–Crippen LogP) is 2.74. The minimum absolute atomic E-state index is 0.165. The zero-order valence-corrected chi connectivity index (χ0v) is 12.9. The Morgan fingerprint density at radius 1 is 1.35 bits per heavy atom. The summed E-state index contributed by atoms with van der Waals surface area (Å²) in [5, 5.41) is 11.7. The first-order valence-electron chi connectivity index (χ1n) is 7.62. The first kappa shape index (κ1) is 15.3. The lowest BCUT2D eigenvalue weighted by atomic mass is 9.96. The largest absolute Gasteiger partial charge is 0.481 e. The second-order valence-electron chi connectivity index (χ2n) is 5.78. The molecule has 0 saturated carbocycles. The van der Waals surface area contributed by atoms with Crippen molar-refractivity contribution in [2.24, 2.45) is 0 Å². The number of carboxylic acid groups (broad SMARTS) is 1. The van der Waals surface area contributed by atoms with Gasteiger partial charge in [0.1, 0.15) is 12.2 Å². The lowest BCUT2D eigenvalue weighted by Gasteiger charge is -2.15. The van der Waals surface area contributed by atoms with Crippen molar-refractivity contribution in [2.75, 3.05) is 5.32 Å². The Bertz CT molecular complexity index is 764. The van der Waals surface area contributed by atoms with Gasteiger partial charge in [0.05, 0.1) is 23.7 Å². The molecule has 6 nitrogen and oxygen atoms in total. The van der Waals surface area contributed by atoms with Crippen LogP contribution in [0.25, 0.3) is 0 Å². The summed E-state index contributed by atoms with van der Waals surface area (Å²) >= 11 is 0. The second kappa shape index (κ2) is 6.24. The molecule has 0 bridgehead atoms. The highest BCUT2D eigenvalue weighted by atomic mass is 16.4. The van der Waals surface area contributed by atoms with Crippen molar-refractivity contribution < 1.29 is 19.1 Å². The van der Waals surface area contributed by atoms with Gasteiger partial charge in [-0.05, 0) is 44.2 Å². The van der Waals surface area contributed by atoms with E-state index in [1.807, 2.05) is 6.07 Å². The van der Waals surface area contributed by atoms with Gasteiger partial charge in [-0.15, -0.1) is 0 Å². The van der Waals surface area contributed by atoms with Crippen LogP contribution >= 0.6 is 0 Å². The fraction of sp³-hybridized carbons (Fsp3) is 0.353. The molecule has 2 aromatic heterocycles. The van der Waals surface area contributed by atoms with Gasteiger partial charge < -0.3 is 14.8 Å². The van der Waals surface area contributed by atoms with Gasteiger partial charge in [0.2, 0.25) is 0 Å². The molecule has 120 valence electrons. The van der Waals surface area contributed by atoms with E-state index in [2.05, 4.69) is 10.3 Å². The first-order chi connectivity index (χ1) is 11.0. The van der Waals surface area contributed by atoms with Crippen LogP contribution in [0.3, 0.4) is 0 Å². The highest BCUT2D eigenvalue weighted by Crippen LogP contribution is 2.23. The highest BCUT2D eigenvalue weighted by Gasteiger charge is 2.21. The van der Waals surface area contributed by atoms with Gasteiger partial charge in [0.25, 0.3) is 5.91 Å². The lowest BCUT2D eigenvalue weighted by Crippen LogP contribution is -2.16. The van der Waals surface area contributed by atoms with Crippen LogP contribution in [0.2, 0.25) is 0 Å². The van der Waals surface area contributed by atoms with Gasteiger partial charge in [-0.2, -0.15) is 0 Å². The molecule has 1 aliphatic rings. The summed E-state index contributed by atoms with van der Waals surface area (Å²) in [6.07, 6.45) is 6.97. The molecule has 0 unspecified atom stereocenters. The van der Waals surface area contributed by atoms with E-state index in [0.717, 1.165) is 31.4 Å². The SMILES string of the molecule is Cc1coc(CC(=O)O)c1C(=O)Nc1cnc2c(c1)CCCC2. The van der Waals surface area contributed by atoms with E-state index < -0.39 is 5.97 Å². The maximum atomic E-state index is 12.5. The number of hydrogen-bond acceptors (Lipinski definition) is 4. The first-order valence-corrected chi connectivity index (χ1v) is 7.62. The number of rotatable bonds is 4. The zero-order valence-electron chi connectivity index (χ0n) is 12.9. The van der Waals surface area contributed by atoms with Crippen molar-refractivity contribution in [2.45, 2.75) is 39.0 Å². The third kappa shape index (κ3) is 3.26.